The van der Waals surface area contributed by atoms with E-state index in [1.807, 2.05) is 42.6 Å². The predicted octanol–water partition coefficient (Wildman–Crippen LogP) is 3.88. The molecule has 2 amide bonds. The third-order valence-electron chi connectivity index (χ3n) is 4.20. The normalized spacial score (nSPS) is 11.7. The van der Waals surface area contributed by atoms with Crippen LogP contribution in [0.15, 0.2) is 59.1 Å². The minimum Gasteiger partial charge on any atom is -0.348 e. The van der Waals surface area contributed by atoms with E-state index in [0.29, 0.717) is 5.56 Å². The van der Waals surface area contributed by atoms with Crippen LogP contribution in [0.1, 0.15) is 28.3 Å². The largest absolute Gasteiger partial charge is 0.348 e. The predicted molar refractivity (Wildman–Crippen MR) is 117 cm³/mol. The van der Waals surface area contributed by atoms with Crippen LogP contribution in [0.2, 0.25) is 0 Å². The first-order chi connectivity index (χ1) is 14.0. The average molecular weight is 427 g/mol. The summed E-state index contributed by atoms with van der Waals surface area (Å²) in [7, 11) is 3.44. The van der Waals surface area contributed by atoms with Gasteiger partial charge in [-0.25, -0.2) is 4.98 Å². The maximum Gasteiger partial charge on any atom is 0.252 e. The van der Waals surface area contributed by atoms with E-state index in [-0.39, 0.29) is 23.6 Å². The van der Waals surface area contributed by atoms with Crippen molar-refractivity contribution in [1.29, 1.82) is 0 Å². The van der Waals surface area contributed by atoms with Gasteiger partial charge < -0.3 is 10.2 Å². The van der Waals surface area contributed by atoms with E-state index >= 15 is 0 Å². The maximum absolute atomic E-state index is 12.9. The number of carbonyl (C=O) groups is 2. The molecule has 1 atom stereocenters. The number of aromatic nitrogens is 2. The van der Waals surface area contributed by atoms with Crippen LogP contribution in [0.25, 0.3) is 11.3 Å². The van der Waals surface area contributed by atoms with E-state index in [9.17, 15) is 9.59 Å². The Kier molecular flexibility index (Phi) is 7.00. The first-order valence-electron chi connectivity index (χ1n) is 9.04. The molecule has 29 heavy (non-hydrogen) atoms. The van der Waals surface area contributed by atoms with E-state index < -0.39 is 0 Å². The number of nitrogens with one attached hydrogen (secondary N) is 1. The summed E-state index contributed by atoms with van der Waals surface area (Å²) < 4.78 is 0. The lowest BCUT2D eigenvalue weighted by Gasteiger charge is -2.14. The van der Waals surface area contributed by atoms with Crippen molar-refractivity contribution in [2.45, 2.75) is 17.9 Å². The molecule has 0 bridgehead atoms. The average Bonchev–Trinajstić information content (AvgIpc) is 3.23. The first kappa shape index (κ1) is 21.0. The minimum atomic E-state index is -0.232. The third kappa shape index (κ3) is 5.42. The molecule has 150 valence electrons. The summed E-state index contributed by atoms with van der Waals surface area (Å²) in [6, 6.07) is 10.9. The Bertz CT molecular complexity index is 989. The molecule has 1 N–H and O–H groups in total. The summed E-state index contributed by atoms with van der Waals surface area (Å²) >= 11 is 2.87. The molecule has 0 aliphatic carbocycles. The zero-order chi connectivity index (χ0) is 20.8. The first-order valence-corrected chi connectivity index (χ1v) is 10.9. The topological polar surface area (TPSA) is 75.2 Å². The smallest absolute Gasteiger partial charge is 0.252 e. The molecule has 0 saturated carbocycles. The zero-order valence-corrected chi connectivity index (χ0v) is 18.1. The van der Waals surface area contributed by atoms with E-state index in [1.165, 1.54) is 23.1 Å². The van der Waals surface area contributed by atoms with Gasteiger partial charge in [-0.05, 0) is 31.2 Å². The van der Waals surface area contributed by atoms with Gasteiger partial charge in [-0.3, -0.25) is 14.6 Å². The second kappa shape index (κ2) is 9.67. The van der Waals surface area contributed by atoms with Crippen LogP contribution in [-0.4, -0.2) is 46.5 Å². The van der Waals surface area contributed by atoms with Crippen molar-refractivity contribution >= 4 is 34.9 Å². The zero-order valence-electron chi connectivity index (χ0n) is 16.5. The summed E-state index contributed by atoms with van der Waals surface area (Å²) in [5.74, 6) is 0.109. The quantitative estimate of drug-likeness (QED) is 0.581. The molecule has 0 aliphatic heterocycles. The number of rotatable bonds is 7. The van der Waals surface area contributed by atoms with Crippen molar-refractivity contribution < 1.29 is 9.59 Å². The van der Waals surface area contributed by atoms with Gasteiger partial charge in [0, 0.05) is 42.3 Å². The fourth-order valence-corrected chi connectivity index (χ4v) is 4.39. The van der Waals surface area contributed by atoms with Gasteiger partial charge in [0.05, 0.1) is 23.1 Å². The highest BCUT2D eigenvalue weighted by Gasteiger charge is 2.18. The molecule has 0 saturated heterocycles. The lowest BCUT2D eigenvalue weighted by molar-refractivity contribution is -0.125. The van der Waals surface area contributed by atoms with Gasteiger partial charge in [-0.2, -0.15) is 0 Å². The highest BCUT2D eigenvalue weighted by Crippen LogP contribution is 2.27. The van der Waals surface area contributed by atoms with E-state index in [0.717, 1.165) is 21.2 Å². The number of carbonyl (C=O) groups excluding carboxylic acids is 2. The second-order valence-electron chi connectivity index (χ2n) is 6.58. The number of amides is 2. The highest BCUT2D eigenvalue weighted by atomic mass is 32.2. The van der Waals surface area contributed by atoms with Crippen LogP contribution in [0.4, 0.5) is 0 Å². The molecule has 0 fully saturated rings. The Balaban J connectivity index is 1.69. The van der Waals surface area contributed by atoms with Gasteiger partial charge in [-0.15, -0.1) is 23.1 Å². The summed E-state index contributed by atoms with van der Waals surface area (Å²) in [6.45, 7) is 1.92. The summed E-state index contributed by atoms with van der Waals surface area (Å²) in [4.78, 5) is 35.7. The molecular formula is C21H22N4O2S2. The van der Waals surface area contributed by atoms with Crippen LogP contribution < -0.4 is 5.32 Å². The lowest BCUT2D eigenvalue weighted by Crippen LogP contribution is -2.27. The Labute approximate surface area is 178 Å². The summed E-state index contributed by atoms with van der Waals surface area (Å²) in [5.41, 5.74) is 2.42. The molecule has 3 aromatic rings. The highest BCUT2D eigenvalue weighted by molar-refractivity contribution is 8.00. The number of thiazole rings is 1. The van der Waals surface area contributed by atoms with E-state index in [1.54, 1.807) is 37.5 Å². The fourth-order valence-electron chi connectivity index (χ4n) is 2.53. The Morgan fingerprint density at radius 2 is 1.90 bits per heavy atom. The van der Waals surface area contributed by atoms with E-state index in [2.05, 4.69) is 15.3 Å². The number of benzene rings is 1. The van der Waals surface area contributed by atoms with Crippen molar-refractivity contribution in [3.63, 3.8) is 0 Å². The van der Waals surface area contributed by atoms with Gasteiger partial charge >= 0.3 is 0 Å². The van der Waals surface area contributed by atoms with Gasteiger partial charge in [0.2, 0.25) is 5.91 Å². The SMILES string of the molecule is CC(NC(=O)c1ccccc1SCC(=O)N(C)C)c1nc(-c2ccncc2)cs1. The van der Waals surface area contributed by atoms with E-state index in [4.69, 9.17) is 0 Å². The molecular weight excluding hydrogens is 404 g/mol. The Morgan fingerprint density at radius 3 is 2.62 bits per heavy atom. The van der Waals surface area contributed by atoms with Crippen molar-refractivity contribution in [2.75, 3.05) is 19.8 Å². The number of hydrogen-bond acceptors (Lipinski definition) is 6. The van der Waals surface area contributed by atoms with Gasteiger partial charge in [-0.1, -0.05) is 12.1 Å². The monoisotopic (exact) mass is 426 g/mol. The minimum absolute atomic E-state index is 0.00464. The molecule has 3 rings (SSSR count). The van der Waals surface area contributed by atoms with Crippen LogP contribution >= 0.6 is 23.1 Å². The van der Waals surface area contributed by atoms with Crippen LogP contribution in [0.3, 0.4) is 0 Å². The Hall–Kier alpha value is -2.71. The third-order valence-corrected chi connectivity index (χ3v) is 6.28. The fraction of sp³-hybridized carbons (Fsp3) is 0.238. The molecule has 0 aliphatic rings. The molecule has 2 aromatic heterocycles. The molecule has 0 radical (unpaired) electrons. The summed E-state index contributed by atoms with van der Waals surface area (Å²) in [6.07, 6.45) is 3.46. The molecule has 2 heterocycles. The van der Waals surface area contributed by atoms with Crippen molar-refractivity contribution in [3.8, 4) is 11.3 Å². The van der Waals surface area contributed by atoms with Crippen LogP contribution in [-0.2, 0) is 4.79 Å². The second-order valence-corrected chi connectivity index (χ2v) is 8.48. The van der Waals surface area contributed by atoms with Gasteiger partial charge in [0.25, 0.3) is 5.91 Å². The number of hydrogen-bond donors (Lipinski definition) is 1. The lowest BCUT2D eigenvalue weighted by atomic mass is 10.2. The van der Waals surface area contributed by atoms with Crippen molar-refractivity contribution in [2.24, 2.45) is 0 Å². The van der Waals surface area contributed by atoms with Crippen molar-refractivity contribution in [3.05, 3.63) is 64.7 Å². The van der Waals surface area contributed by atoms with Gasteiger partial charge in [0.1, 0.15) is 5.01 Å². The number of pyridine rings is 1. The standard InChI is InChI=1S/C21H22N4O2S2/c1-14(21-24-17(12-29-21)15-8-10-22-11-9-15)23-20(27)16-6-4-5-7-18(16)28-13-19(26)25(2)3/h4-12,14H,13H2,1-3H3,(H,23,27). The van der Waals surface area contributed by atoms with Crippen LogP contribution in [0.5, 0.6) is 0 Å². The van der Waals surface area contributed by atoms with Gasteiger partial charge in [0.15, 0.2) is 0 Å². The molecule has 6 nitrogen and oxygen atoms in total. The number of thioether (sulfide) groups is 1. The molecule has 1 aromatic carbocycles. The van der Waals surface area contributed by atoms with Crippen molar-refractivity contribution in [1.82, 2.24) is 20.2 Å². The van der Waals surface area contributed by atoms with Crippen LogP contribution in [0, 0.1) is 0 Å². The molecule has 8 heteroatoms. The maximum atomic E-state index is 12.9. The number of nitrogens with zero attached hydrogens (tertiary/aromatic N) is 3. The summed E-state index contributed by atoms with van der Waals surface area (Å²) in [5, 5.41) is 5.82. The molecule has 1 unspecified atom stereocenters. The Morgan fingerprint density at radius 1 is 1.17 bits per heavy atom. The molecule has 0 spiro atoms.